The van der Waals surface area contributed by atoms with Crippen LogP contribution < -0.4 is 5.43 Å². The van der Waals surface area contributed by atoms with E-state index in [4.69, 9.17) is 0 Å². The van der Waals surface area contributed by atoms with Crippen molar-refractivity contribution in [2.45, 2.75) is 0 Å². The largest absolute Gasteiger partial charge is 0.507 e. The van der Waals surface area contributed by atoms with Crippen molar-refractivity contribution in [3.05, 3.63) is 76.3 Å². The van der Waals surface area contributed by atoms with E-state index in [2.05, 4.69) is 26.5 Å². The SMILES string of the molecule is O=C(NN=Cc1c(O)ccc2ccccc12)c1cccc(Br)c1. The van der Waals surface area contributed by atoms with E-state index in [0.29, 0.717) is 11.1 Å². The number of amides is 1. The molecule has 0 aliphatic rings. The molecule has 23 heavy (non-hydrogen) atoms. The van der Waals surface area contributed by atoms with Crippen LogP contribution in [0.2, 0.25) is 0 Å². The first-order valence-corrected chi connectivity index (χ1v) is 7.74. The summed E-state index contributed by atoms with van der Waals surface area (Å²) in [6, 6.07) is 18.1. The van der Waals surface area contributed by atoms with Gasteiger partial charge in [0.05, 0.1) is 6.21 Å². The Hall–Kier alpha value is -2.66. The first-order chi connectivity index (χ1) is 11.1. The van der Waals surface area contributed by atoms with Gasteiger partial charge in [0.15, 0.2) is 0 Å². The summed E-state index contributed by atoms with van der Waals surface area (Å²) in [6.45, 7) is 0. The summed E-state index contributed by atoms with van der Waals surface area (Å²) in [7, 11) is 0. The van der Waals surface area contributed by atoms with Gasteiger partial charge in [0, 0.05) is 15.6 Å². The molecule has 3 rings (SSSR count). The third-order valence-electron chi connectivity index (χ3n) is 3.39. The van der Waals surface area contributed by atoms with Gasteiger partial charge in [0.25, 0.3) is 5.91 Å². The molecule has 0 heterocycles. The van der Waals surface area contributed by atoms with E-state index in [0.717, 1.165) is 15.2 Å². The molecule has 0 fully saturated rings. The van der Waals surface area contributed by atoms with Crippen LogP contribution in [0.3, 0.4) is 0 Å². The van der Waals surface area contributed by atoms with Gasteiger partial charge in [-0.3, -0.25) is 4.79 Å². The summed E-state index contributed by atoms with van der Waals surface area (Å²) in [6.07, 6.45) is 1.45. The third-order valence-corrected chi connectivity index (χ3v) is 3.89. The molecule has 0 bridgehead atoms. The van der Waals surface area contributed by atoms with Crippen LogP contribution in [0.15, 0.2) is 70.2 Å². The van der Waals surface area contributed by atoms with Crippen LogP contribution in [-0.4, -0.2) is 17.2 Å². The maximum atomic E-state index is 12.0. The molecule has 3 aromatic carbocycles. The summed E-state index contributed by atoms with van der Waals surface area (Å²) in [4.78, 5) is 12.0. The lowest BCUT2D eigenvalue weighted by Crippen LogP contribution is -2.17. The molecule has 114 valence electrons. The fourth-order valence-electron chi connectivity index (χ4n) is 2.27. The molecule has 0 aliphatic heterocycles. The molecular weight excluding hydrogens is 356 g/mol. The Morgan fingerprint density at radius 1 is 1.09 bits per heavy atom. The highest BCUT2D eigenvalue weighted by atomic mass is 79.9. The number of phenolic OH excluding ortho intramolecular Hbond substituents is 1. The van der Waals surface area contributed by atoms with Crippen LogP contribution >= 0.6 is 15.9 Å². The number of carbonyl (C=O) groups excluding carboxylic acids is 1. The summed E-state index contributed by atoms with van der Waals surface area (Å²) in [5.41, 5.74) is 3.53. The number of hydrogen-bond acceptors (Lipinski definition) is 3. The molecule has 0 spiro atoms. The Balaban J connectivity index is 1.84. The fraction of sp³-hybridized carbons (Fsp3) is 0. The van der Waals surface area contributed by atoms with Crippen molar-refractivity contribution in [2.24, 2.45) is 5.10 Å². The molecule has 2 N–H and O–H groups in total. The number of hydrazone groups is 1. The number of phenols is 1. The van der Waals surface area contributed by atoms with E-state index in [1.165, 1.54) is 6.21 Å². The van der Waals surface area contributed by atoms with Gasteiger partial charge in [0.1, 0.15) is 5.75 Å². The standard InChI is InChI=1S/C18H13BrN2O2/c19-14-6-3-5-13(10-14)18(23)21-20-11-16-15-7-2-1-4-12(15)8-9-17(16)22/h1-11,22H,(H,21,23). The van der Waals surface area contributed by atoms with Gasteiger partial charge in [0.2, 0.25) is 0 Å². The molecule has 0 unspecified atom stereocenters. The average Bonchev–Trinajstić information content (AvgIpc) is 2.56. The van der Waals surface area contributed by atoms with Gasteiger partial charge in [-0.15, -0.1) is 0 Å². The van der Waals surface area contributed by atoms with Crippen molar-refractivity contribution in [3.8, 4) is 5.75 Å². The minimum Gasteiger partial charge on any atom is -0.507 e. The number of hydrogen-bond donors (Lipinski definition) is 2. The van der Waals surface area contributed by atoms with Crippen molar-refractivity contribution in [2.75, 3.05) is 0 Å². The summed E-state index contributed by atoms with van der Waals surface area (Å²) in [5, 5.41) is 15.8. The molecule has 5 heteroatoms. The second-order valence-corrected chi connectivity index (χ2v) is 5.84. The zero-order chi connectivity index (χ0) is 16.2. The minimum absolute atomic E-state index is 0.115. The summed E-state index contributed by atoms with van der Waals surface area (Å²) < 4.78 is 0.820. The molecule has 1 amide bonds. The van der Waals surface area contributed by atoms with Crippen LogP contribution in [0, 0.1) is 0 Å². The van der Waals surface area contributed by atoms with Crippen LogP contribution in [0.5, 0.6) is 5.75 Å². The first kappa shape index (κ1) is 15.2. The molecule has 0 radical (unpaired) electrons. The highest BCUT2D eigenvalue weighted by Crippen LogP contribution is 2.25. The van der Waals surface area contributed by atoms with Crippen molar-refractivity contribution in [3.63, 3.8) is 0 Å². The Morgan fingerprint density at radius 3 is 2.74 bits per heavy atom. The summed E-state index contributed by atoms with van der Waals surface area (Å²) >= 11 is 3.32. The van der Waals surface area contributed by atoms with E-state index in [-0.39, 0.29) is 11.7 Å². The van der Waals surface area contributed by atoms with Crippen LogP contribution in [-0.2, 0) is 0 Å². The smallest absolute Gasteiger partial charge is 0.271 e. The predicted octanol–water partition coefficient (Wildman–Crippen LogP) is 4.07. The number of rotatable bonds is 3. The zero-order valence-corrected chi connectivity index (χ0v) is 13.6. The van der Waals surface area contributed by atoms with Gasteiger partial charge in [-0.2, -0.15) is 5.10 Å². The van der Waals surface area contributed by atoms with Crippen LogP contribution in [0.4, 0.5) is 0 Å². The topological polar surface area (TPSA) is 61.7 Å². The highest BCUT2D eigenvalue weighted by molar-refractivity contribution is 9.10. The van der Waals surface area contributed by atoms with Crippen molar-refractivity contribution < 1.29 is 9.90 Å². The van der Waals surface area contributed by atoms with Crippen LogP contribution in [0.1, 0.15) is 15.9 Å². The lowest BCUT2D eigenvalue weighted by Gasteiger charge is -2.05. The van der Waals surface area contributed by atoms with E-state index >= 15 is 0 Å². The van der Waals surface area contributed by atoms with Crippen molar-refractivity contribution >= 4 is 38.8 Å². The number of nitrogens with zero attached hydrogens (tertiary/aromatic N) is 1. The van der Waals surface area contributed by atoms with Crippen molar-refractivity contribution in [1.29, 1.82) is 0 Å². The highest BCUT2D eigenvalue weighted by Gasteiger charge is 2.06. The quantitative estimate of drug-likeness (QED) is 0.540. The van der Waals surface area contributed by atoms with E-state index in [1.807, 2.05) is 36.4 Å². The maximum absolute atomic E-state index is 12.0. The van der Waals surface area contributed by atoms with E-state index < -0.39 is 0 Å². The molecular formula is C18H13BrN2O2. The molecule has 0 aromatic heterocycles. The number of halogens is 1. The van der Waals surface area contributed by atoms with Gasteiger partial charge >= 0.3 is 0 Å². The number of fused-ring (bicyclic) bond motifs is 1. The van der Waals surface area contributed by atoms with Crippen LogP contribution in [0.25, 0.3) is 10.8 Å². The Kier molecular flexibility index (Phi) is 4.39. The van der Waals surface area contributed by atoms with Gasteiger partial charge in [-0.1, -0.05) is 52.3 Å². The third kappa shape index (κ3) is 3.40. The van der Waals surface area contributed by atoms with E-state index in [1.54, 1.807) is 24.3 Å². The molecule has 0 saturated heterocycles. The van der Waals surface area contributed by atoms with Gasteiger partial charge < -0.3 is 5.11 Å². The number of nitrogens with one attached hydrogen (secondary N) is 1. The molecule has 0 aliphatic carbocycles. The molecule has 0 atom stereocenters. The Morgan fingerprint density at radius 2 is 1.91 bits per heavy atom. The minimum atomic E-state index is -0.317. The average molecular weight is 369 g/mol. The maximum Gasteiger partial charge on any atom is 0.271 e. The first-order valence-electron chi connectivity index (χ1n) is 6.95. The lowest BCUT2D eigenvalue weighted by atomic mass is 10.0. The summed E-state index contributed by atoms with van der Waals surface area (Å²) in [5.74, 6) is -0.202. The number of aromatic hydroxyl groups is 1. The van der Waals surface area contributed by atoms with Gasteiger partial charge in [-0.25, -0.2) is 5.43 Å². The lowest BCUT2D eigenvalue weighted by molar-refractivity contribution is 0.0955. The monoisotopic (exact) mass is 368 g/mol. The fourth-order valence-corrected chi connectivity index (χ4v) is 2.67. The molecule has 3 aromatic rings. The number of carbonyl (C=O) groups is 1. The van der Waals surface area contributed by atoms with Gasteiger partial charge in [-0.05, 0) is 35.0 Å². The second-order valence-electron chi connectivity index (χ2n) is 4.93. The Bertz CT molecular complexity index is 906. The zero-order valence-electron chi connectivity index (χ0n) is 12.0. The normalized spacial score (nSPS) is 11.0. The van der Waals surface area contributed by atoms with E-state index in [9.17, 15) is 9.90 Å². The molecule has 4 nitrogen and oxygen atoms in total. The van der Waals surface area contributed by atoms with Crippen molar-refractivity contribution in [1.82, 2.24) is 5.43 Å². The Labute approximate surface area is 141 Å². The number of benzene rings is 3. The molecule has 0 saturated carbocycles. The predicted molar refractivity (Wildman–Crippen MR) is 94.8 cm³/mol. The second kappa shape index (κ2) is 6.62.